The number of hydrogen-bond acceptors (Lipinski definition) is 9. The number of nitrogens with two attached hydrogens (primary N) is 1. The maximum atomic E-state index is 12.8. The van der Waals surface area contributed by atoms with E-state index in [9.17, 15) is 14.4 Å². The Morgan fingerprint density at radius 2 is 1.87 bits per heavy atom. The highest BCUT2D eigenvalue weighted by molar-refractivity contribution is 8.00. The van der Waals surface area contributed by atoms with E-state index in [2.05, 4.69) is 10.2 Å². The first kappa shape index (κ1) is 21.4. The van der Waals surface area contributed by atoms with E-state index in [1.54, 1.807) is 6.92 Å². The largest absolute Gasteiger partial charge is 0.484 e. The standard InChI is InChI=1S/C19H21N5O5S/c1-10-5-7-12(8-6-10)28-9-13-21-22-18(29-13)30-11(2)15(25)14-16(20)23(3)19(27)24(4)17(14)26/h5-8,11H,9,20H2,1-4H3. The number of thioether (sulfide) groups is 1. The van der Waals surface area contributed by atoms with Gasteiger partial charge >= 0.3 is 5.69 Å². The summed E-state index contributed by atoms with van der Waals surface area (Å²) in [4.78, 5) is 37.1. The van der Waals surface area contributed by atoms with Crippen LogP contribution in [0.5, 0.6) is 5.75 Å². The number of rotatable bonds is 7. The summed E-state index contributed by atoms with van der Waals surface area (Å²) in [5.41, 5.74) is 5.36. The van der Waals surface area contributed by atoms with Gasteiger partial charge in [0.15, 0.2) is 12.4 Å². The Kier molecular flexibility index (Phi) is 6.11. The molecular formula is C19H21N5O5S. The van der Waals surface area contributed by atoms with E-state index in [1.807, 2.05) is 31.2 Å². The van der Waals surface area contributed by atoms with Crippen molar-refractivity contribution < 1.29 is 13.9 Å². The molecular weight excluding hydrogens is 410 g/mol. The molecule has 10 nitrogen and oxygen atoms in total. The first-order valence-corrected chi connectivity index (χ1v) is 9.85. The molecule has 2 heterocycles. The minimum Gasteiger partial charge on any atom is -0.484 e. The van der Waals surface area contributed by atoms with Gasteiger partial charge < -0.3 is 14.9 Å². The van der Waals surface area contributed by atoms with Crippen LogP contribution >= 0.6 is 11.8 Å². The van der Waals surface area contributed by atoms with Crippen molar-refractivity contribution in [2.24, 2.45) is 14.1 Å². The van der Waals surface area contributed by atoms with E-state index < -0.39 is 22.3 Å². The van der Waals surface area contributed by atoms with Crippen LogP contribution in [0.2, 0.25) is 0 Å². The third-order valence-electron chi connectivity index (χ3n) is 4.43. The fourth-order valence-corrected chi connectivity index (χ4v) is 3.38. The molecule has 0 bridgehead atoms. The summed E-state index contributed by atoms with van der Waals surface area (Å²) in [7, 11) is 2.68. The van der Waals surface area contributed by atoms with E-state index in [0.717, 1.165) is 26.5 Å². The first-order chi connectivity index (χ1) is 14.2. The van der Waals surface area contributed by atoms with Crippen LogP contribution in [-0.4, -0.2) is 30.4 Å². The zero-order valence-electron chi connectivity index (χ0n) is 16.9. The quantitative estimate of drug-likeness (QED) is 0.434. The fourth-order valence-electron chi connectivity index (χ4n) is 2.62. The summed E-state index contributed by atoms with van der Waals surface area (Å²) < 4.78 is 13.0. The molecule has 2 N–H and O–H groups in total. The Morgan fingerprint density at radius 1 is 1.20 bits per heavy atom. The maximum Gasteiger partial charge on any atom is 0.332 e. The minimum absolute atomic E-state index is 0.0766. The molecule has 1 aromatic carbocycles. The van der Waals surface area contributed by atoms with Crippen molar-refractivity contribution in [3.8, 4) is 5.75 Å². The summed E-state index contributed by atoms with van der Waals surface area (Å²) in [6.07, 6.45) is 0. The lowest BCUT2D eigenvalue weighted by molar-refractivity contribution is 0.0991. The number of nitrogens with zero attached hydrogens (tertiary/aromatic N) is 4. The van der Waals surface area contributed by atoms with Gasteiger partial charge in [-0.05, 0) is 26.0 Å². The Balaban J connectivity index is 1.70. The number of aromatic nitrogens is 4. The number of ketones is 1. The van der Waals surface area contributed by atoms with Crippen molar-refractivity contribution in [2.45, 2.75) is 30.9 Å². The van der Waals surface area contributed by atoms with Crippen LogP contribution in [0.4, 0.5) is 5.82 Å². The van der Waals surface area contributed by atoms with E-state index in [-0.39, 0.29) is 29.1 Å². The van der Waals surface area contributed by atoms with Crippen molar-refractivity contribution in [2.75, 3.05) is 5.73 Å². The fraction of sp³-hybridized carbons (Fsp3) is 0.316. The SMILES string of the molecule is Cc1ccc(OCc2nnc(SC(C)C(=O)c3c(N)n(C)c(=O)n(C)c3=O)o2)cc1. The Bertz CT molecular complexity index is 1200. The number of nitrogen functional groups attached to an aromatic ring is 1. The lowest BCUT2D eigenvalue weighted by Crippen LogP contribution is -2.42. The molecule has 11 heteroatoms. The summed E-state index contributed by atoms with van der Waals surface area (Å²) in [5, 5.41) is 7.20. The topological polar surface area (TPSA) is 135 Å². The van der Waals surface area contributed by atoms with Gasteiger partial charge in [-0.1, -0.05) is 29.5 Å². The highest BCUT2D eigenvalue weighted by Gasteiger charge is 2.26. The molecule has 0 aliphatic carbocycles. The predicted octanol–water partition coefficient (Wildman–Crippen LogP) is 1.30. The number of ether oxygens (including phenoxy) is 1. The number of anilines is 1. The van der Waals surface area contributed by atoms with E-state index >= 15 is 0 Å². The van der Waals surface area contributed by atoms with Gasteiger partial charge in [0.05, 0.1) is 5.25 Å². The van der Waals surface area contributed by atoms with Crippen LogP contribution in [0.3, 0.4) is 0 Å². The van der Waals surface area contributed by atoms with Crippen molar-refractivity contribution in [3.63, 3.8) is 0 Å². The van der Waals surface area contributed by atoms with Gasteiger partial charge in [0.25, 0.3) is 16.7 Å². The summed E-state index contributed by atoms with van der Waals surface area (Å²) in [6, 6.07) is 7.51. The van der Waals surface area contributed by atoms with Crippen molar-refractivity contribution in [3.05, 3.63) is 62.1 Å². The molecule has 0 radical (unpaired) electrons. The van der Waals surface area contributed by atoms with Gasteiger partial charge in [-0.3, -0.25) is 18.7 Å². The monoisotopic (exact) mass is 431 g/mol. The average molecular weight is 431 g/mol. The number of benzene rings is 1. The smallest absolute Gasteiger partial charge is 0.332 e. The third kappa shape index (κ3) is 4.30. The third-order valence-corrected chi connectivity index (χ3v) is 5.37. The molecule has 3 aromatic rings. The molecule has 1 unspecified atom stereocenters. The van der Waals surface area contributed by atoms with Crippen LogP contribution in [0, 0.1) is 6.92 Å². The van der Waals surface area contributed by atoms with Crippen molar-refractivity contribution >= 4 is 23.4 Å². The lowest BCUT2D eigenvalue weighted by atomic mass is 10.1. The Morgan fingerprint density at radius 3 is 2.53 bits per heavy atom. The second kappa shape index (κ2) is 8.57. The number of Topliss-reactive ketones (excluding diaryl/α,β-unsaturated/α-hetero) is 1. The van der Waals surface area contributed by atoms with Crippen LogP contribution in [0.1, 0.15) is 28.7 Å². The van der Waals surface area contributed by atoms with E-state index in [1.165, 1.54) is 14.1 Å². The van der Waals surface area contributed by atoms with Crippen molar-refractivity contribution in [1.29, 1.82) is 0 Å². The van der Waals surface area contributed by atoms with Crippen LogP contribution in [0.25, 0.3) is 0 Å². The molecule has 0 saturated heterocycles. The Labute approximate surface area is 175 Å². The average Bonchev–Trinajstić information content (AvgIpc) is 3.17. The molecule has 0 aliphatic rings. The summed E-state index contributed by atoms with van der Waals surface area (Å²) in [6.45, 7) is 3.64. The maximum absolute atomic E-state index is 12.8. The molecule has 0 amide bonds. The highest BCUT2D eigenvalue weighted by atomic mass is 32.2. The van der Waals surface area contributed by atoms with E-state index in [0.29, 0.717) is 5.75 Å². The predicted molar refractivity (Wildman–Crippen MR) is 111 cm³/mol. The molecule has 0 fully saturated rings. The molecule has 30 heavy (non-hydrogen) atoms. The van der Waals surface area contributed by atoms with Gasteiger partial charge in [-0.15, -0.1) is 10.2 Å². The van der Waals surface area contributed by atoms with Gasteiger partial charge in [0.1, 0.15) is 17.1 Å². The first-order valence-electron chi connectivity index (χ1n) is 8.97. The minimum atomic E-state index is -0.746. The number of aryl methyl sites for hydroxylation is 1. The van der Waals surface area contributed by atoms with Gasteiger partial charge in [0.2, 0.25) is 0 Å². The molecule has 0 aliphatic heterocycles. The second-order valence-electron chi connectivity index (χ2n) is 6.65. The number of hydrogen-bond donors (Lipinski definition) is 1. The highest BCUT2D eigenvalue weighted by Crippen LogP contribution is 2.25. The normalized spacial score (nSPS) is 12.0. The number of carbonyl (C=O) groups excluding carboxylic acids is 1. The summed E-state index contributed by atoms with van der Waals surface area (Å²) >= 11 is 0.988. The lowest BCUT2D eigenvalue weighted by Gasteiger charge is -2.13. The zero-order chi connectivity index (χ0) is 22.0. The molecule has 1 atom stereocenters. The molecule has 0 spiro atoms. The second-order valence-corrected chi connectivity index (χ2v) is 7.95. The molecule has 158 valence electrons. The van der Waals surface area contributed by atoms with Crippen LogP contribution in [-0.2, 0) is 20.7 Å². The molecule has 2 aromatic heterocycles. The van der Waals surface area contributed by atoms with Gasteiger partial charge in [0, 0.05) is 14.1 Å². The molecule has 0 saturated carbocycles. The Hall–Kier alpha value is -3.34. The van der Waals surface area contributed by atoms with Gasteiger partial charge in [-0.2, -0.15) is 0 Å². The number of carbonyl (C=O) groups is 1. The molecule has 3 rings (SSSR count). The summed E-state index contributed by atoms with van der Waals surface area (Å²) in [5.74, 6) is 0.190. The van der Waals surface area contributed by atoms with E-state index in [4.69, 9.17) is 14.9 Å². The van der Waals surface area contributed by atoms with Crippen molar-refractivity contribution in [1.82, 2.24) is 19.3 Å². The zero-order valence-corrected chi connectivity index (χ0v) is 17.7. The van der Waals surface area contributed by atoms with Crippen LogP contribution < -0.4 is 21.7 Å². The van der Waals surface area contributed by atoms with Gasteiger partial charge in [-0.25, -0.2) is 4.79 Å². The van der Waals surface area contributed by atoms with Crippen LogP contribution in [0.15, 0.2) is 43.5 Å².